The molecule has 0 radical (unpaired) electrons. The maximum absolute atomic E-state index is 12.6. The van der Waals surface area contributed by atoms with Gasteiger partial charge in [-0.05, 0) is 51.5 Å². The molecule has 1 rings (SSSR count). The average Bonchev–Trinajstić information content (AvgIpc) is 2.68. The van der Waals surface area contributed by atoms with Gasteiger partial charge in [-0.2, -0.15) is 0 Å². The third kappa shape index (κ3) is 8.67. The summed E-state index contributed by atoms with van der Waals surface area (Å²) in [5, 5.41) is 13.9. The van der Waals surface area contributed by atoms with Crippen LogP contribution in [-0.4, -0.2) is 41.6 Å². The van der Waals surface area contributed by atoms with Crippen molar-refractivity contribution in [2.45, 2.75) is 66.0 Å². The average molecular weight is 433 g/mol. The van der Waals surface area contributed by atoms with Gasteiger partial charge in [0.1, 0.15) is 12.4 Å². The van der Waals surface area contributed by atoms with E-state index in [0.717, 1.165) is 6.42 Å². The van der Waals surface area contributed by atoms with Gasteiger partial charge in [0, 0.05) is 29.7 Å². The minimum absolute atomic E-state index is 0.114. The molecule has 0 aliphatic carbocycles. The number of rotatable bonds is 10. The third-order valence-corrected chi connectivity index (χ3v) is 4.32. The van der Waals surface area contributed by atoms with Gasteiger partial charge >= 0.3 is 5.97 Å². The van der Waals surface area contributed by atoms with Crippen molar-refractivity contribution >= 4 is 11.9 Å². The van der Waals surface area contributed by atoms with Crippen molar-refractivity contribution in [3.63, 3.8) is 0 Å². The molecule has 31 heavy (non-hydrogen) atoms. The molecule has 1 unspecified atom stereocenters. The predicted molar refractivity (Wildman–Crippen MR) is 117 cm³/mol. The van der Waals surface area contributed by atoms with Gasteiger partial charge in [0.15, 0.2) is 6.04 Å². The van der Waals surface area contributed by atoms with E-state index in [1.54, 1.807) is 12.1 Å². The fourth-order valence-electron chi connectivity index (χ4n) is 2.37. The largest absolute Gasteiger partial charge is 0.481 e. The number of nitrogens with one attached hydrogen (secondary N) is 1. The zero-order chi connectivity index (χ0) is 23.7. The molecule has 1 amide bonds. The van der Waals surface area contributed by atoms with Crippen LogP contribution in [0.25, 0.3) is 0 Å². The Morgan fingerprint density at radius 3 is 2.29 bits per heavy atom. The van der Waals surface area contributed by atoms with Crippen LogP contribution in [0.3, 0.4) is 0 Å². The van der Waals surface area contributed by atoms with Crippen molar-refractivity contribution in [1.29, 1.82) is 0 Å². The minimum Gasteiger partial charge on any atom is -0.481 e. The molecule has 0 aromatic heterocycles. The number of amides is 1. The fourth-order valence-corrected chi connectivity index (χ4v) is 2.37. The Morgan fingerprint density at radius 2 is 1.77 bits per heavy atom. The number of esters is 1. The van der Waals surface area contributed by atoms with Crippen molar-refractivity contribution in [1.82, 2.24) is 5.32 Å². The number of carbonyl (C=O) groups is 2. The highest BCUT2D eigenvalue weighted by atomic mass is 16.6. The summed E-state index contributed by atoms with van der Waals surface area (Å²) in [5.41, 5.74) is -1.62. The number of benzene rings is 1. The van der Waals surface area contributed by atoms with E-state index in [1.807, 2.05) is 27.7 Å². The lowest BCUT2D eigenvalue weighted by atomic mass is 9.95. The summed E-state index contributed by atoms with van der Waals surface area (Å²) in [7, 11) is 0. The van der Waals surface area contributed by atoms with Gasteiger partial charge in [0.25, 0.3) is 5.91 Å². The summed E-state index contributed by atoms with van der Waals surface area (Å²) in [6.07, 6.45) is 1.44. The van der Waals surface area contributed by atoms with E-state index in [2.05, 4.69) is 17.2 Å². The molecule has 0 saturated heterocycles. The maximum Gasteiger partial charge on any atom is 0.336 e. The lowest BCUT2D eigenvalue weighted by Crippen LogP contribution is -2.58. The summed E-state index contributed by atoms with van der Waals surface area (Å²) >= 11 is 0. The molecule has 1 aromatic rings. The van der Waals surface area contributed by atoms with Crippen molar-refractivity contribution in [2.75, 3.05) is 13.2 Å². The Labute approximate surface area is 183 Å². The topological polar surface area (TPSA) is 108 Å². The first kappa shape index (κ1) is 26.0. The van der Waals surface area contributed by atoms with Crippen molar-refractivity contribution in [3.05, 3.63) is 39.9 Å². The Bertz CT molecular complexity index is 828. The van der Waals surface area contributed by atoms with Crippen molar-refractivity contribution < 1.29 is 24.0 Å². The number of hydrogen-bond acceptors (Lipinski definition) is 6. The van der Waals surface area contributed by atoms with Gasteiger partial charge in [-0.25, -0.2) is 4.79 Å². The highest BCUT2D eigenvalue weighted by molar-refractivity contribution is 5.97. The second-order valence-electron chi connectivity index (χ2n) is 8.70. The quantitative estimate of drug-likeness (QED) is 0.199. The lowest BCUT2D eigenvalue weighted by Gasteiger charge is -2.26. The standard InChI is InChI=1S/C23H32N2O6/c1-7-8-15-31-21(27)19(23(5,6)25(28)29)24-20(26)17-10-12-18(13-11-17)30-16-9-14-22(2,3)4/h10-13,19H,7-8,15-16H2,1-6H3,(H,24,26). The molecular formula is C23H32N2O6. The summed E-state index contributed by atoms with van der Waals surface area (Å²) in [6.45, 7) is 10.8. The molecule has 1 N–H and O–H groups in total. The highest BCUT2D eigenvalue weighted by Crippen LogP contribution is 2.18. The summed E-state index contributed by atoms with van der Waals surface area (Å²) < 4.78 is 10.7. The van der Waals surface area contributed by atoms with Crippen LogP contribution >= 0.6 is 0 Å². The second-order valence-corrected chi connectivity index (χ2v) is 8.70. The predicted octanol–water partition coefficient (Wildman–Crippen LogP) is 3.61. The molecule has 0 fully saturated rings. The van der Waals surface area contributed by atoms with Crippen LogP contribution in [0.2, 0.25) is 0 Å². The Kier molecular flexibility index (Phi) is 9.50. The molecule has 1 atom stereocenters. The first-order valence-electron chi connectivity index (χ1n) is 10.2. The number of nitrogens with zero attached hydrogens (tertiary/aromatic N) is 1. The Balaban J connectivity index is 2.86. The maximum atomic E-state index is 12.6. The minimum atomic E-state index is -1.74. The lowest BCUT2D eigenvalue weighted by molar-refractivity contribution is -0.562. The summed E-state index contributed by atoms with van der Waals surface area (Å²) in [4.78, 5) is 35.9. The van der Waals surface area contributed by atoms with E-state index in [9.17, 15) is 19.7 Å². The van der Waals surface area contributed by atoms with Gasteiger partial charge in [0.2, 0.25) is 5.54 Å². The number of ether oxygens (including phenoxy) is 2. The zero-order valence-electron chi connectivity index (χ0n) is 19.1. The number of carbonyl (C=O) groups excluding carboxylic acids is 2. The number of hydrogen-bond donors (Lipinski definition) is 1. The molecule has 8 heteroatoms. The van der Waals surface area contributed by atoms with E-state index in [0.29, 0.717) is 12.2 Å². The summed E-state index contributed by atoms with van der Waals surface area (Å²) in [5.74, 6) is 5.07. The molecule has 170 valence electrons. The van der Waals surface area contributed by atoms with E-state index >= 15 is 0 Å². The van der Waals surface area contributed by atoms with Crippen LogP contribution in [0.5, 0.6) is 5.75 Å². The normalized spacial score (nSPS) is 12.2. The van der Waals surface area contributed by atoms with Gasteiger partial charge in [-0.15, -0.1) is 0 Å². The number of nitro groups is 1. The second kappa shape index (κ2) is 11.3. The SMILES string of the molecule is CCCCOC(=O)C(NC(=O)c1ccc(OCC#CC(C)(C)C)cc1)C(C)(C)[N+](=O)[O-]. The molecule has 0 aliphatic rings. The monoisotopic (exact) mass is 432 g/mol. The smallest absolute Gasteiger partial charge is 0.336 e. The van der Waals surface area contributed by atoms with Crippen LogP contribution in [0.1, 0.15) is 64.7 Å². The molecule has 8 nitrogen and oxygen atoms in total. The first-order chi connectivity index (χ1) is 14.4. The Morgan fingerprint density at radius 1 is 1.16 bits per heavy atom. The van der Waals surface area contributed by atoms with E-state index in [-0.39, 0.29) is 24.2 Å². The van der Waals surface area contributed by atoms with E-state index < -0.39 is 28.4 Å². The van der Waals surface area contributed by atoms with Gasteiger partial charge < -0.3 is 14.8 Å². The molecule has 0 heterocycles. The first-order valence-corrected chi connectivity index (χ1v) is 10.2. The number of unbranched alkanes of at least 4 members (excludes halogenated alkanes) is 1. The molecular weight excluding hydrogens is 400 g/mol. The molecule has 0 spiro atoms. The molecule has 0 bridgehead atoms. The van der Waals surface area contributed by atoms with E-state index in [1.165, 1.54) is 26.0 Å². The van der Waals surface area contributed by atoms with Crippen LogP contribution in [0, 0.1) is 27.4 Å². The highest BCUT2D eigenvalue weighted by Gasteiger charge is 2.47. The summed E-state index contributed by atoms with van der Waals surface area (Å²) in [6, 6.07) is 4.79. The Hall–Kier alpha value is -3.08. The van der Waals surface area contributed by atoms with Crippen LogP contribution in [0.15, 0.2) is 24.3 Å². The van der Waals surface area contributed by atoms with Gasteiger partial charge in [-0.1, -0.05) is 25.2 Å². The van der Waals surface area contributed by atoms with Crippen LogP contribution < -0.4 is 10.1 Å². The van der Waals surface area contributed by atoms with Crippen molar-refractivity contribution in [3.8, 4) is 17.6 Å². The van der Waals surface area contributed by atoms with Crippen LogP contribution in [0.4, 0.5) is 0 Å². The zero-order valence-corrected chi connectivity index (χ0v) is 19.1. The molecule has 0 aliphatic heterocycles. The van der Waals surface area contributed by atoms with Gasteiger partial charge in [0.05, 0.1) is 6.61 Å². The van der Waals surface area contributed by atoms with E-state index in [4.69, 9.17) is 9.47 Å². The van der Waals surface area contributed by atoms with Crippen molar-refractivity contribution in [2.24, 2.45) is 5.41 Å². The molecule has 0 saturated carbocycles. The third-order valence-electron chi connectivity index (χ3n) is 4.32. The molecule has 1 aromatic carbocycles. The van der Waals surface area contributed by atoms with Gasteiger partial charge in [-0.3, -0.25) is 14.9 Å². The fraction of sp³-hybridized carbons (Fsp3) is 0.565. The van der Waals surface area contributed by atoms with Crippen LogP contribution in [-0.2, 0) is 9.53 Å².